The van der Waals surface area contributed by atoms with Gasteiger partial charge in [0.25, 0.3) is 0 Å². The minimum Gasteiger partial charge on any atom is -0.348 e. The Morgan fingerprint density at radius 2 is 2.42 bits per heavy atom. The van der Waals surface area contributed by atoms with Crippen molar-refractivity contribution in [2.75, 3.05) is 6.61 Å². The Kier molecular flexibility index (Phi) is 1.98. The number of rotatable bonds is 4. The quantitative estimate of drug-likeness (QED) is 0.655. The number of hydrogen-bond donors (Lipinski definition) is 0. The zero-order valence-corrected chi connectivity index (χ0v) is 7.75. The van der Waals surface area contributed by atoms with E-state index in [1.54, 1.807) is 0 Å². The molecule has 0 spiro atoms. The second-order valence-electron chi connectivity index (χ2n) is 3.35. The summed E-state index contributed by atoms with van der Waals surface area (Å²) in [4.78, 5) is 0. The molecule has 4 atom stereocenters. The van der Waals surface area contributed by atoms with Crippen molar-refractivity contribution in [3.63, 3.8) is 0 Å². The monoisotopic (exact) mass is 176 g/mol. The number of ether oxygens (including phenoxy) is 2. The van der Waals surface area contributed by atoms with E-state index in [0.29, 0.717) is 13.0 Å². The van der Waals surface area contributed by atoms with Crippen LogP contribution in [0, 0.1) is 0 Å². The van der Waals surface area contributed by atoms with Crippen LogP contribution >= 0.6 is 0 Å². The van der Waals surface area contributed by atoms with Gasteiger partial charge in [0.05, 0.1) is 12.7 Å². The molecule has 72 valence electrons. The molecule has 0 radical (unpaired) electrons. The van der Waals surface area contributed by atoms with E-state index in [0.717, 1.165) is 0 Å². The van der Waals surface area contributed by atoms with Crippen LogP contribution in [0.1, 0.15) is 51.8 Å². The molecule has 1 rings (SSSR count). The fraction of sp³-hybridized carbons (Fsp3) is 1.00. The van der Waals surface area contributed by atoms with Crippen LogP contribution in [0.4, 0.5) is 0 Å². The lowest BCUT2D eigenvalue weighted by Crippen LogP contribution is -2.21. The standard InChI is InChI=1S/C10H20O2/c1-4-5-6-7-9-8-11-10(2,3)12-9/h9H,4-8H2,1-3H3/i1D,4D,5D,6D. The molecular formula is C10H20O2. The Balaban J connectivity index is 2.37. The first-order valence-electron chi connectivity index (χ1n) is 6.67. The molecule has 0 aromatic rings. The van der Waals surface area contributed by atoms with Gasteiger partial charge < -0.3 is 9.47 Å². The second-order valence-corrected chi connectivity index (χ2v) is 3.35. The van der Waals surface area contributed by atoms with Crippen LogP contribution in [0.3, 0.4) is 0 Å². The van der Waals surface area contributed by atoms with Crippen LogP contribution in [-0.4, -0.2) is 18.5 Å². The lowest BCUT2D eigenvalue weighted by atomic mass is 10.1. The molecule has 2 nitrogen and oxygen atoms in total. The summed E-state index contributed by atoms with van der Waals surface area (Å²) in [7, 11) is 0. The molecule has 0 bridgehead atoms. The molecule has 0 aromatic carbocycles. The van der Waals surface area contributed by atoms with Gasteiger partial charge in [0, 0.05) is 5.48 Å². The van der Waals surface area contributed by atoms with Crippen molar-refractivity contribution in [3.05, 3.63) is 0 Å². The Morgan fingerprint density at radius 1 is 1.58 bits per heavy atom. The van der Waals surface area contributed by atoms with E-state index in [1.165, 1.54) is 0 Å². The van der Waals surface area contributed by atoms with Crippen molar-refractivity contribution in [1.29, 1.82) is 0 Å². The first-order valence-corrected chi connectivity index (χ1v) is 4.23. The zero-order valence-electron chi connectivity index (χ0n) is 11.7. The van der Waals surface area contributed by atoms with Crippen LogP contribution in [0.2, 0.25) is 0 Å². The second kappa shape index (κ2) is 4.24. The normalized spacial score (nSPS) is 40.3. The summed E-state index contributed by atoms with van der Waals surface area (Å²) in [5.74, 6) is -0.600. The SMILES string of the molecule is [2H]CC([2H])C([2H])C([2H])CC1COC(C)(C)O1. The molecule has 1 saturated heterocycles. The van der Waals surface area contributed by atoms with E-state index in [1.807, 2.05) is 13.8 Å². The lowest BCUT2D eigenvalue weighted by Gasteiger charge is -2.16. The summed E-state index contributed by atoms with van der Waals surface area (Å²) < 4.78 is 40.8. The largest absolute Gasteiger partial charge is 0.348 e. The van der Waals surface area contributed by atoms with Gasteiger partial charge in [-0.25, -0.2) is 0 Å². The summed E-state index contributed by atoms with van der Waals surface area (Å²) in [5, 5.41) is 0. The van der Waals surface area contributed by atoms with Crippen LogP contribution in [-0.2, 0) is 9.47 Å². The minimum atomic E-state index is -0.843. The summed E-state index contributed by atoms with van der Waals surface area (Å²) in [6, 6.07) is 0. The predicted molar refractivity (Wildman–Crippen MR) is 49.0 cm³/mol. The van der Waals surface area contributed by atoms with Crippen molar-refractivity contribution in [1.82, 2.24) is 0 Å². The first-order chi connectivity index (χ1) is 7.35. The highest BCUT2D eigenvalue weighted by molar-refractivity contribution is 4.70. The van der Waals surface area contributed by atoms with Gasteiger partial charge >= 0.3 is 0 Å². The highest BCUT2D eigenvalue weighted by Gasteiger charge is 2.31. The van der Waals surface area contributed by atoms with Gasteiger partial charge in [-0.3, -0.25) is 0 Å². The van der Waals surface area contributed by atoms with E-state index in [-0.39, 0.29) is 13.0 Å². The van der Waals surface area contributed by atoms with Crippen molar-refractivity contribution in [2.24, 2.45) is 0 Å². The number of hydrogen-bond acceptors (Lipinski definition) is 2. The molecule has 0 amide bonds. The summed E-state index contributed by atoms with van der Waals surface area (Å²) in [6.45, 7) is 3.96. The third-order valence-corrected chi connectivity index (χ3v) is 1.74. The van der Waals surface area contributed by atoms with Crippen LogP contribution < -0.4 is 0 Å². The van der Waals surface area contributed by atoms with Crippen molar-refractivity contribution < 1.29 is 15.0 Å². The molecule has 1 heterocycles. The zero-order chi connectivity index (χ0) is 12.3. The third-order valence-electron chi connectivity index (χ3n) is 1.74. The van der Waals surface area contributed by atoms with Crippen molar-refractivity contribution >= 4 is 0 Å². The first kappa shape index (κ1) is 5.61. The van der Waals surface area contributed by atoms with Gasteiger partial charge in [-0.1, -0.05) is 26.1 Å². The summed E-state index contributed by atoms with van der Waals surface area (Å²) >= 11 is 0. The van der Waals surface area contributed by atoms with Crippen LogP contribution in [0.5, 0.6) is 0 Å². The average Bonchev–Trinajstić information content (AvgIpc) is 2.55. The Bertz CT molecular complexity index is 225. The lowest BCUT2D eigenvalue weighted by molar-refractivity contribution is -0.139. The van der Waals surface area contributed by atoms with Gasteiger partial charge in [0.15, 0.2) is 5.79 Å². The van der Waals surface area contributed by atoms with E-state index in [2.05, 4.69) is 0 Å². The molecule has 12 heavy (non-hydrogen) atoms. The van der Waals surface area contributed by atoms with E-state index in [9.17, 15) is 0 Å². The molecule has 0 N–H and O–H groups in total. The molecule has 0 aromatic heterocycles. The molecule has 0 aliphatic carbocycles. The fourth-order valence-corrected chi connectivity index (χ4v) is 1.21. The van der Waals surface area contributed by atoms with Crippen molar-refractivity contribution in [2.45, 2.75) is 58.2 Å². The predicted octanol–water partition coefficient (Wildman–Crippen LogP) is 2.72. The third kappa shape index (κ3) is 3.11. The van der Waals surface area contributed by atoms with Gasteiger partial charge in [0.2, 0.25) is 0 Å². The topological polar surface area (TPSA) is 18.5 Å². The molecule has 0 saturated carbocycles. The van der Waals surface area contributed by atoms with Gasteiger partial charge in [-0.2, -0.15) is 0 Å². The van der Waals surface area contributed by atoms with E-state index < -0.39 is 25.0 Å². The maximum absolute atomic E-state index is 7.78. The maximum Gasteiger partial charge on any atom is 0.163 e. The van der Waals surface area contributed by atoms with Gasteiger partial charge in [-0.05, 0) is 20.3 Å². The van der Waals surface area contributed by atoms with Gasteiger partial charge in [0.1, 0.15) is 0 Å². The molecule has 1 aliphatic rings. The van der Waals surface area contributed by atoms with E-state index in [4.69, 9.17) is 15.0 Å². The smallest absolute Gasteiger partial charge is 0.163 e. The average molecular weight is 176 g/mol. The maximum atomic E-state index is 7.78. The molecule has 4 unspecified atom stereocenters. The van der Waals surface area contributed by atoms with E-state index >= 15 is 0 Å². The van der Waals surface area contributed by atoms with Crippen LogP contribution in [0.15, 0.2) is 0 Å². The van der Waals surface area contributed by atoms with Crippen molar-refractivity contribution in [3.8, 4) is 0 Å². The Morgan fingerprint density at radius 3 is 3.00 bits per heavy atom. The highest BCUT2D eigenvalue weighted by atomic mass is 16.7. The van der Waals surface area contributed by atoms with Crippen LogP contribution in [0.25, 0.3) is 0 Å². The fourth-order valence-electron chi connectivity index (χ4n) is 1.21. The minimum absolute atomic E-state index is 0.128. The molecule has 2 heteroatoms. The Hall–Kier alpha value is -0.0800. The summed E-state index contributed by atoms with van der Waals surface area (Å²) in [6.07, 6.45) is -2.10. The molecule has 1 aliphatic heterocycles. The van der Waals surface area contributed by atoms with Gasteiger partial charge in [-0.15, -0.1) is 0 Å². The molecule has 1 fully saturated rings. The summed E-state index contributed by atoms with van der Waals surface area (Å²) in [5.41, 5.74) is 0. The molecular weight excluding hydrogens is 152 g/mol. The highest BCUT2D eigenvalue weighted by Crippen LogP contribution is 2.25. The Labute approximate surface area is 80.9 Å².